The molecule has 0 aromatic carbocycles. The molecule has 0 bridgehead atoms. The van der Waals surface area contributed by atoms with Crippen molar-refractivity contribution in [2.75, 3.05) is 6.61 Å². The van der Waals surface area contributed by atoms with Gasteiger partial charge in [0.2, 0.25) is 0 Å². The number of aliphatic hydroxyl groups excluding tert-OH is 1. The number of rotatable bonds is 1. The summed E-state index contributed by atoms with van der Waals surface area (Å²) in [5, 5.41) is 8.23. The highest BCUT2D eigenvalue weighted by Crippen LogP contribution is 2.54. The second-order valence-corrected chi connectivity index (χ2v) is 2.25. The number of hydrogen-bond acceptors (Lipinski definition) is 1. The quantitative estimate of drug-likeness (QED) is 0.547. The molecule has 0 aromatic rings. The SMILES string of the molecule is CC1[C@H](CO)C1(F)F. The Balaban J connectivity index is 2.45. The molecule has 0 aromatic heterocycles. The van der Waals surface area contributed by atoms with Crippen molar-refractivity contribution in [2.45, 2.75) is 12.8 Å². The Kier molecular flexibility index (Phi) is 1.05. The maximum absolute atomic E-state index is 12.0. The van der Waals surface area contributed by atoms with Gasteiger partial charge in [0.1, 0.15) is 0 Å². The van der Waals surface area contributed by atoms with Gasteiger partial charge < -0.3 is 5.11 Å². The molecule has 2 atom stereocenters. The average Bonchev–Trinajstić information content (AvgIpc) is 2.09. The standard InChI is InChI=1S/C5H8F2O/c1-3-4(2-8)5(3,6)7/h3-4,8H,2H2,1H3/t3?,4-/m0/s1. The highest BCUT2D eigenvalue weighted by atomic mass is 19.3. The summed E-state index contributed by atoms with van der Waals surface area (Å²) < 4.78 is 24.1. The van der Waals surface area contributed by atoms with E-state index < -0.39 is 17.8 Å². The van der Waals surface area contributed by atoms with Gasteiger partial charge in [0.15, 0.2) is 0 Å². The molecular weight excluding hydrogens is 114 g/mol. The van der Waals surface area contributed by atoms with Crippen LogP contribution in [0.1, 0.15) is 6.92 Å². The summed E-state index contributed by atoms with van der Waals surface area (Å²) in [6, 6.07) is 0. The lowest BCUT2D eigenvalue weighted by Crippen LogP contribution is -1.96. The van der Waals surface area contributed by atoms with Gasteiger partial charge in [-0.05, 0) is 0 Å². The van der Waals surface area contributed by atoms with Crippen molar-refractivity contribution in [1.29, 1.82) is 0 Å². The minimum Gasteiger partial charge on any atom is -0.396 e. The van der Waals surface area contributed by atoms with Gasteiger partial charge in [-0.1, -0.05) is 6.92 Å². The Morgan fingerprint density at radius 1 is 1.62 bits per heavy atom. The molecular formula is C5H8F2O. The molecule has 0 heterocycles. The molecule has 0 aliphatic heterocycles. The first-order valence-electron chi connectivity index (χ1n) is 2.59. The van der Waals surface area contributed by atoms with Crippen molar-refractivity contribution in [1.82, 2.24) is 0 Å². The lowest BCUT2D eigenvalue weighted by molar-refractivity contribution is 0.0739. The highest BCUT2D eigenvalue weighted by molar-refractivity contribution is 5.01. The van der Waals surface area contributed by atoms with Crippen molar-refractivity contribution in [3.63, 3.8) is 0 Å². The van der Waals surface area contributed by atoms with E-state index in [1.54, 1.807) is 0 Å². The minimum atomic E-state index is -2.57. The Morgan fingerprint density at radius 3 is 2.00 bits per heavy atom. The molecule has 0 radical (unpaired) electrons. The molecule has 0 amide bonds. The molecule has 1 rings (SSSR count). The Labute approximate surface area is 46.3 Å². The summed E-state index contributed by atoms with van der Waals surface area (Å²) in [6.45, 7) is 1.06. The molecule has 1 nitrogen and oxygen atoms in total. The van der Waals surface area contributed by atoms with Crippen LogP contribution in [0.4, 0.5) is 8.78 Å². The summed E-state index contributed by atoms with van der Waals surface area (Å²) in [7, 11) is 0. The summed E-state index contributed by atoms with van der Waals surface area (Å²) in [6.07, 6.45) is 0. The van der Waals surface area contributed by atoms with Crippen LogP contribution < -0.4 is 0 Å². The third-order valence-electron chi connectivity index (χ3n) is 1.79. The topological polar surface area (TPSA) is 20.2 Å². The van der Waals surface area contributed by atoms with E-state index in [0.717, 1.165) is 0 Å². The third kappa shape index (κ3) is 0.540. The van der Waals surface area contributed by atoms with Crippen molar-refractivity contribution in [3.8, 4) is 0 Å². The summed E-state index contributed by atoms with van der Waals surface area (Å²) >= 11 is 0. The van der Waals surface area contributed by atoms with Gasteiger partial charge in [-0.25, -0.2) is 8.78 Å². The van der Waals surface area contributed by atoms with Crippen molar-refractivity contribution in [3.05, 3.63) is 0 Å². The van der Waals surface area contributed by atoms with Gasteiger partial charge in [0, 0.05) is 5.92 Å². The van der Waals surface area contributed by atoms with Gasteiger partial charge in [-0.3, -0.25) is 0 Å². The predicted molar refractivity (Wildman–Crippen MR) is 24.7 cm³/mol. The van der Waals surface area contributed by atoms with Crippen LogP contribution in [-0.2, 0) is 0 Å². The van der Waals surface area contributed by atoms with E-state index in [0.29, 0.717) is 0 Å². The number of alkyl halides is 2. The zero-order chi connectivity index (χ0) is 6.36. The van der Waals surface area contributed by atoms with Crippen LogP contribution in [0.15, 0.2) is 0 Å². The molecule has 0 spiro atoms. The smallest absolute Gasteiger partial charge is 0.256 e. The fraction of sp³-hybridized carbons (Fsp3) is 1.00. The van der Waals surface area contributed by atoms with Gasteiger partial charge in [-0.15, -0.1) is 0 Å². The first kappa shape index (κ1) is 5.95. The molecule has 1 fully saturated rings. The van der Waals surface area contributed by atoms with Crippen molar-refractivity contribution in [2.24, 2.45) is 11.8 Å². The van der Waals surface area contributed by atoms with Crippen LogP contribution in [0.5, 0.6) is 0 Å². The molecule has 3 heteroatoms. The van der Waals surface area contributed by atoms with Crippen LogP contribution in [-0.4, -0.2) is 17.6 Å². The third-order valence-corrected chi connectivity index (χ3v) is 1.79. The molecule has 1 unspecified atom stereocenters. The molecule has 1 N–H and O–H groups in total. The highest BCUT2D eigenvalue weighted by Gasteiger charge is 2.64. The van der Waals surface area contributed by atoms with E-state index in [2.05, 4.69) is 0 Å². The Hall–Kier alpha value is -0.180. The molecule has 0 saturated heterocycles. The van der Waals surface area contributed by atoms with Gasteiger partial charge in [-0.2, -0.15) is 0 Å². The molecule has 8 heavy (non-hydrogen) atoms. The fourth-order valence-corrected chi connectivity index (χ4v) is 0.840. The average molecular weight is 122 g/mol. The van der Waals surface area contributed by atoms with E-state index in [1.807, 2.05) is 0 Å². The monoisotopic (exact) mass is 122 g/mol. The van der Waals surface area contributed by atoms with E-state index in [-0.39, 0.29) is 6.61 Å². The minimum absolute atomic E-state index is 0.381. The zero-order valence-electron chi connectivity index (χ0n) is 4.56. The molecule has 1 aliphatic rings. The largest absolute Gasteiger partial charge is 0.396 e. The van der Waals surface area contributed by atoms with E-state index in [4.69, 9.17) is 5.11 Å². The lowest BCUT2D eigenvalue weighted by Gasteiger charge is -1.87. The Bertz CT molecular complexity index is 103. The maximum atomic E-state index is 12.0. The first-order chi connectivity index (χ1) is 3.60. The zero-order valence-corrected chi connectivity index (χ0v) is 4.56. The lowest BCUT2D eigenvalue weighted by atomic mass is 10.4. The summed E-state index contributed by atoms with van der Waals surface area (Å²) in [4.78, 5) is 0. The first-order valence-corrected chi connectivity index (χ1v) is 2.59. The normalized spacial score (nSPS) is 42.0. The van der Waals surface area contributed by atoms with Gasteiger partial charge in [0.25, 0.3) is 5.92 Å². The number of halogens is 2. The maximum Gasteiger partial charge on any atom is 0.256 e. The summed E-state index contributed by atoms with van der Waals surface area (Å²) in [5.41, 5.74) is 0. The number of hydrogen-bond donors (Lipinski definition) is 1. The van der Waals surface area contributed by atoms with Crippen LogP contribution in [0.3, 0.4) is 0 Å². The van der Waals surface area contributed by atoms with Crippen LogP contribution >= 0.6 is 0 Å². The second-order valence-electron chi connectivity index (χ2n) is 2.25. The van der Waals surface area contributed by atoms with Gasteiger partial charge in [0.05, 0.1) is 12.5 Å². The predicted octanol–water partition coefficient (Wildman–Crippen LogP) is 0.880. The van der Waals surface area contributed by atoms with Crippen LogP contribution in [0.25, 0.3) is 0 Å². The molecule has 1 aliphatic carbocycles. The van der Waals surface area contributed by atoms with Crippen molar-refractivity contribution >= 4 is 0 Å². The van der Waals surface area contributed by atoms with E-state index in [9.17, 15) is 8.78 Å². The molecule has 1 saturated carbocycles. The summed E-state index contributed by atoms with van der Waals surface area (Å²) in [5.74, 6) is -3.94. The molecule has 48 valence electrons. The van der Waals surface area contributed by atoms with E-state index in [1.165, 1.54) is 6.92 Å². The fourth-order valence-electron chi connectivity index (χ4n) is 0.840. The Morgan fingerprint density at radius 2 is 2.00 bits per heavy atom. The number of aliphatic hydroxyl groups is 1. The second kappa shape index (κ2) is 1.41. The van der Waals surface area contributed by atoms with Crippen molar-refractivity contribution < 1.29 is 13.9 Å². The van der Waals surface area contributed by atoms with Gasteiger partial charge >= 0.3 is 0 Å². The van der Waals surface area contributed by atoms with E-state index >= 15 is 0 Å². The van der Waals surface area contributed by atoms with Crippen LogP contribution in [0, 0.1) is 11.8 Å². The van der Waals surface area contributed by atoms with Crippen LogP contribution in [0.2, 0.25) is 0 Å².